The molecule has 0 amide bonds. The van der Waals surface area contributed by atoms with Gasteiger partial charge in [0.1, 0.15) is 0 Å². The van der Waals surface area contributed by atoms with Gasteiger partial charge in [0, 0.05) is 16.8 Å². The standard InChI is InChI=1S/C6H14S3/c1-2-3-9-5-6(8)4-7/h6-8H,2-5H2,1H3. The molecule has 0 N–H and O–H groups in total. The van der Waals surface area contributed by atoms with E-state index in [1.54, 1.807) is 0 Å². The number of thiol groups is 2. The molecule has 0 aliphatic rings. The molecule has 0 aromatic heterocycles. The van der Waals surface area contributed by atoms with E-state index < -0.39 is 0 Å². The maximum Gasteiger partial charge on any atom is 0.0196 e. The van der Waals surface area contributed by atoms with Crippen LogP contribution in [0.5, 0.6) is 0 Å². The van der Waals surface area contributed by atoms with E-state index in [1.807, 2.05) is 11.8 Å². The van der Waals surface area contributed by atoms with Crippen molar-refractivity contribution in [2.75, 3.05) is 17.3 Å². The average Bonchev–Trinajstić information content (AvgIpc) is 1.89. The Bertz CT molecular complexity index is 56.3. The van der Waals surface area contributed by atoms with Crippen LogP contribution in [-0.2, 0) is 0 Å². The first-order valence-corrected chi connectivity index (χ1v) is 5.48. The van der Waals surface area contributed by atoms with Crippen molar-refractivity contribution < 1.29 is 0 Å². The molecule has 1 atom stereocenters. The van der Waals surface area contributed by atoms with Gasteiger partial charge in [-0.1, -0.05) is 6.92 Å². The van der Waals surface area contributed by atoms with Gasteiger partial charge in [-0.2, -0.15) is 37.0 Å². The van der Waals surface area contributed by atoms with E-state index in [4.69, 9.17) is 0 Å². The zero-order chi connectivity index (χ0) is 7.11. The number of rotatable bonds is 5. The van der Waals surface area contributed by atoms with Crippen molar-refractivity contribution in [3.8, 4) is 0 Å². The molecule has 0 aliphatic heterocycles. The van der Waals surface area contributed by atoms with Gasteiger partial charge in [-0.05, 0) is 12.2 Å². The highest BCUT2D eigenvalue weighted by molar-refractivity contribution is 8.00. The van der Waals surface area contributed by atoms with E-state index in [9.17, 15) is 0 Å². The molecular formula is C6H14S3. The molecule has 0 saturated heterocycles. The SMILES string of the molecule is CCCSCC(S)CS. The summed E-state index contributed by atoms with van der Waals surface area (Å²) in [5.74, 6) is 3.28. The van der Waals surface area contributed by atoms with Crippen molar-refractivity contribution in [1.82, 2.24) is 0 Å². The van der Waals surface area contributed by atoms with Gasteiger partial charge in [-0.15, -0.1) is 0 Å². The molecule has 0 fully saturated rings. The summed E-state index contributed by atoms with van der Waals surface area (Å²) in [6.45, 7) is 2.20. The summed E-state index contributed by atoms with van der Waals surface area (Å²) >= 11 is 10.4. The second-order valence-electron chi connectivity index (χ2n) is 1.91. The first-order valence-electron chi connectivity index (χ1n) is 3.18. The Balaban J connectivity index is 2.88. The third-order valence-corrected chi connectivity index (χ3v) is 3.55. The quantitative estimate of drug-likeness (QED) is 0.486. The molecule has 56 valence electrons. The van der Waals surface area contributed by atoms with Gasteiger partial charge in [0.2, 0.25) is 0 Å². The van der Waals surface area contributed by atoms with Gasteiger partial charge in [-0.3, -0.25) is 0 Å². The van der Waals surface area contributed by atoms with Crippen LogP contribution < -0.4 is 0 Å². The molecule has 3 heteroatoms. The van der Waals surface area contributed by atoms with E-state index in [0.29, 0.717) is 5.25 Å². The normalized spacial score (nSPS) is 13.7. The van der Waals surface area contributed by atoms with Gasteiger partial charge < -0.3 is 0 Å². The minimum Gasteiger partial charge on any atom is -0.178 e. The zero-order valence-electron chi connectivity index (χ0n) is 5.71. The average molecular weight is 182 g/mol. The summed E-state index contributed by atoms with van der Waals surface area (Å²) in [5, 5.41) is 0.477. The van der Waals surface area contributed by atoms with Crippen molar-refractivity contribution in [2.45, 2.75) is 18.6 Å². The molecular weight excluding hydrogens is 168 g/mol. The Labute approximate surface area is 73.0 Å². The third kappa shape index (κ3) is 6.94. The zero-order valence-corrected chi connectivity index (χ0v) is 8.31. The predicted octanol–water partition coefficient (Wildman–Crippen LogP) is 2.36. The molecule has 0 spiro atoms. The molecule has 0 radical (unpaired) electrons. The topological polar surface area (TPSA) is 0 Å². The van der Waals surface area contributed by atoms with E-state index in [-0.39, 0.29) is 0 Å². The van der Waals surface area contributed by atoms with Crippen LogP contribution >= 0.6 is 37.0 Å². The molecule has 1 unspecified atom stereocenters. The van der Waals surface area contributed by atoms with Crippen LogP contribution in [0.3, 0.4) is 0 Å². The predicted molar refractivity (Wildman–Crippen MR) is 54.2 cm³/mol. The molecule has 0 heterocycles. The van der Waals surface area contributed by atoms with Crippen LogP contribution in [0.15, 0.2) is 0 Å². The Morgan fingerprint density at radius 3 is 2.67 bits per heavy atom. The molecule has 0 aliphatic carbocycles. The van der Waals surface area contributed by atoms with Crippen LogP contribution in [0.2, 0.25) is 0 Å². The number of hydrogen-bond acceptors (Lipinski definition) is 3. The summed E-state index contributed by atoms with van der Waals surface area (Å²) < 4.78 is 0. The first kappa shape index (κ1) is 10.0. The second-order valence-corrected chi connectivity index (χ2v) is 4.16. The lowest BCUT2D eigenvalue weighted by molar-refractivity contribution is 1.09. The van der Waals surface area contributed by atoms with Gasteiger partial charge in [0.25, 0.3) is 0 Å². The van der Waals surface area contributed by atoms with Gasteiger partial charge in [0.15, 0.2) is 0 Å². The van der Waals surface area contributed by atoms with Gasteiger partial charge in [-0.25, -0.2) is 0 Å². The van der Waals surface area contributed by atoms with Crippen LogP contribution in [0, 0.1) is 0 Å². The smallest absolute Gasteiger partial charge is 0.0196 e. The molecule has 0 saturated carbocycles. The fourth-order valence-corrected chi connectivity index (χ4v) is 1.88. The summed E-state index contributed by atoms with van der Waals surface area (Å²) in [5.41, 5.74) is 0. The lowest BCUT2D eigenvalue weighted by Gasteiger charge is -2.04. The van der Waals surface area contributed by atoms with Crippen LogP contribution in [-0.4, -0.2) is 22.5 Å². The van der Waals surface area contributed by atoms with Gasteiger partial charge in [0.05, 0.1) is 0 Å². The van der Waals surface area contributed by atoms with E-state index in [2.05, 4.69) is 32.2 Å². The lowest BCUT2D eigenvalue weighted by atomic mass is 10.5. The molecule has 0 aromatic carbocycles. The van der Waals surface area contributed by atoms with E-state index in [1.165, 1.54) is 12.2 Å². The molecule has 9 heavy (non-hydrogen) atoms. The fourth-order valence-electron chi connectivity index (χ4n) is 0.416. The van der Waals surface area contributed by atoms with Crippen LogP contribution in [0.1, 0.15) is 13.3 Å². The van der Waals surface area contributed by atoms with Crippen molar-refractivity contribution in [1.29, 1.82) is 0 Å². The van der Waals surface area contributed by atoms with Gasteiger partial charge >= 0.3 is 0 Å². The number of thioether (sulfide) groups is 1. The monoisotopic (exact) mass is 182 g/mol. The summed E-state index contributed by atoms with van der Waals surface area (Å²) in [7, 11) is 0. The first-order chi connectivity index (χ1) is 4.31. The fraction of sp³-hybridized carbons (Fsp3) is 1.00. The highest BCUT2D eigenvalue weighted by Gasteiger charge is 1.97. The van der Waals surface area contributed by atoms with Crippen molar-refractivity contribution >= 4 is 37.0 Å². The van der Waals surface area contributed by atoms with Crippen LogP contribution in [0.4, 0.5) is 0 Å². The summed E-state index contributed by atoms with van der Waals surface area (Å²) in [6, 6.07) is 0. The Kier molecular flexibility index (Phi) is 8.00. The minimum absolute atomic E-state index is 0.477. The van der Waals surface area contributed by atoms with E-state index >= 15 is 0 Å². The Morgan fingerprint density at radius 2 is 2.22 bits per heavy atom. The molecule has 0 aromatic rings. The second kappa shape index (κ2) is 7.16. The van der Waals surface area contributed by atoms with Crippen molar-refractivity contribution in [3.63, 3.8) is 0 Å². The van der Waals surface area contributed by atoms with Crippen molar-refractivity contribution in [3.05, 3.63) is 0 Å². The Morgan fingerprint density at radius 1 is 1.56 bits per heavy atom. The lowest BCUT2D eigenvalue weighted by Crippen LogP contribution is -2.03. The summed E-state index contributed by atoms with van der Waals surface area (Å²) in [4.78, 5) is 0. The van der Waals surface area contributed by atoms with Crippen LogP contribution in [0.25, 0.3) is 0 Å². The number of hydrogen-bond donors (Lipinski definition) is 2. The van der Waals surface area contributed by atoms with E-state index in [0.717, 1.165) is 11.5 Å². The molecule has 0 rings (SSSR count). The third-order valence-electron chi connectivity index (χ3n) is 0.869. The maximum atomic E-state index is 4.31. The largest absolute Gasteiger partial charge is 0.178 e. The Hall–Kier alpha value is 1.05. The molecule has 0 nitrogen and oxygen atoms in total. The molecule has 0 bridgehead atoms. The summed E-state index contributed by atoms with van der Waals surface area (Å²) in [6.07, 6.45) is 1.26. The van der Waals surface area contributed by atoms with Crippen molar-refractivity contribution in [2.24, 2.45) is 0 Å². The maximum absolute atomic E-state index is 4.31. The highest BCUT2D eigenvalue weighted by Crippen LogP contribution is 2.09. The highest BCUT2D eigenvalue weighted by atomic mass is 32.2. The minimum atomic E-state index is 0.477.